The summed E-state index contributed by atoms with van der Waals surface area (Å²) in [5.41, 5.74) is 3.08. The smallest absolute Gasteiger partial charge is 0.178 e. The molecule has 4 nitrogen and oxygen atoms in total. The van der Waals surface area contributed by atoms with E-state index in [1.165, 1.54) is 11.3 Å². The Labute approximate surface area is 138 Å². The van der Waals surface area contributed by atoms with Crippen molar-refractivity contribution in [1.82, 2.24) is 9.78 Å². The van der Waals surface area contributed by atoms with Gasteiger partial charge in [-0.3, -0.25) is 9.48 Å². The van der Waals surface area contributed by atoms with Crippen LogP contribution in [0.4, 0.5) is 0 Å². The highest BCUT2D eigenvalue weighted by Crippen LogP contribution is 2.54. The lowest BCUT2D eigenvalue weighted by atomic mass is 9.52. The van der Waals surface area contributed by atoms with Gasteiger partial charge < -0.3 is 0 Å². The van der Waals surface area contributed by atoms with Gasteiger partial charge in [-0.2, -0.15) is 10.4 Å². The number of nitriles is 1. The Hall–Kier alpha value is -1.89. The number of allylic oxidation sites excluding steroid dienone is 2. The van der Waals surface area contributed by atoms with E-state index in [0.29, 0.717) is 11.5 Å². The summed E-state index contributed by atoms with van der Waals surface area (Å²) in [5, 5.41) is 14.3. The molecule has 2 aliphatic rings. The summed E-state index contributed by atoms with van der Waals surface area (Å²) in [6.07, 6.45) is 3.81. The van der Waals surface area contributed by atoms with Crippen LogP contribution in [0.5, 0.6) is 0 Å². The van der Waals surface area contributed by atoms with E-state index in [4.69, 9.17) is 5.10 Å². The van der Waals surface area contributed by atoms with Crippen LogP contribution in [-0.4, -0.2) is 15.6 Å². The fraction of sp³-hybridized carbons (Fsp3) is 0.632. The molecule has 3 rings (SSSR count). The Bertz CT molecular complexity index is 760. The number of aromatic nitrogens is 2. The molecular formula is C19H25N3O. The SMILES string of the molecule is CC(C)c1c2c(nn1C)[C@@]1(C)C=C(C#N)C(=O)C(C)(C)C1CC2. The van der Waals surface area contributed by atoms with Crippen molar-refractivity contribution < 1.29 is 4.79 Å². The second kappa shape index (κ2) is 4.80. The summed E-state index contributed by atoms with van der Waals surface area (Å²) in [5.74, 6) is 0.571. The molecule has 0 spiro atoms. The summed E-state index contributed by atoms with van der Waals surface area (Å²) in [7, 11) is 2.00. The van der Waals surface area contributed by atoms with E-state index in [-0.39, 0.29) is 17.1 Å². The molecule has 0 bridgehead atoms. The zero-order valence-corrected chi connectivity index (χ0v) is 14.9. The number of fused-ring (bicyclic) bond motifs is 3. The second-order valence-corrected chi connectivity index (χ2v) is 8.09. The fourth-order valence-corrected chi connectivity index (χ4v) is 4.97. The number of carbonyl (C=O) groups is 1. The van der Waals surface area contributed by atoms with Crippen LogP contribution in [0.1, 0.15) is 63.9 Å². The van der Waals surface area contributed by atoms with Gasteiger partial charge >= 0.3 is 0 Å². The molecule has 0 amide bonds. The Balaban J connectivity index is 2.29. The van der Waals surface area contributed by atoms with Crippen molar-refractivity contribution in [1.29, 1.82) is 5.26 Å². The van der Waals surface area contributed by atoms with Crippen molar-refractivity contribution in [3.8, 4) is 6.07 Å². The molecule has 1 aromatic rings. The number of carbonyl (C=O) groups excluding carboxylic acids is 1. The summed E-state index contributed by atoms with van der Waals surface area (Å²) < 4.78 is 1.99. The molecule has 122 valence electrons. The number of ketones is 1. The average Bonchev–Trinajstić information content (AvgIpc) is 2.80. The maximum absolute atomic E-state index is 12.7. The van der Waals surface area contributed by atoms with Gasteiger partial charge in [0.2, 0.25) is 0 Å². The standard InChI is InChI=1S/C19H25N3O/c1-11(2)15-13-7-8-14-18(3,4)17(23)12(10-20)9-19(14,5)16(13)21-22(15)6/h9,11,14H,7-8H2,1-6H3/t14?,19-/m0/s1. The van der Waals surface area contributed by atoms with E-state index in [9.17, 15) is 10.1 Å². The van der Waals surface area contributed by atoms with Crippen molar-refractivity contribution >= 4 is 5.78 Å². The van der Waals surface area contributed by atoms with Crippen LogP contribution in [0.3, 0.4) is 0 Å². The molecule has 4 heteroatoms. The van der Waals surface area contributed by atoms with E-state index in [0.717, 1.165) is 18.5 Å². The first-order valence-electron chi connectivity index (χ1n) is 8.38. The van der Waals surface area contributed by atoms with Crippen molar-refractivity contribution in [2.45, 2.75) is 58.8 Å². The monoisotopic (exact) mass is 311 g/mol. The van der Waals surface area contributed by atoms with Crippen molar-refractivity contribution in [3.63, 3.8) is 0 Å². The summed E-state index contributed by atoms with van der Waals surface area (Å²) in [6, 6.07) is 2.12. The quantitative estimate of drug-likeness (QED) is 0.798. The van der Waals surface area contributed by atoms with E-state index < -0.39 is 5.41 Å². The maximum Gasteiger partial charge on any atom is 0.178 e. The lowest BCUT2D eigenvalue weighted by Crippen LogP contribution is -2.51. The molecule has 2 atom stereocenters. The molecule has 0 saturated carbocycles. The first-order valence-corrected chi connectivity index (χ1v) is 8.38. The van der Waals surface area contributed by atoms with Crippen molar-refractivity contribution in [3.05, 3.63) is 28.6 Å². The van der Waals surface area contributed by atoms with Gasteiger partial charge in [-0.25, -0.2) is 0 Å². The topological polar surface area (TPSA) is 58.7 Å². The van der Waals surface area contributed by atoms with E-state index in [1.807, 2.05) is 31.7 Å². The summed E-state index contributed by atoms with van der Waals surface area (Å²) in [4.78, 5) is 12.7. The van der Waals surface area contributed by atoms with Crippen LogP contribution in [0.25, 0.3) is 0 Å². The highest BCUT2D eigenvalue weighted by molar-refractivity contribution is 6.04. The minimum Gasteiger partial charge on any atom is -0.293 e. The molecule has 23 heavy (non-hydrogen) atoms. The van der Waals surface area contributed by atoms with Gasteiger partial charge in [-0.1, -0.05) is 40.7 Å². The Morgan fingerprint density at radius 1 is 1.39 bits per heavy atom. The van der Waals surface area contributed by atoms with Crippen LogP contribution < -0.4 is 0 Å². The molecule has 1 aromatic heterocycles. The molecule has 0 fully saturated rings. The molecule has 0 aromatic carbocycles. The van der Waals surface area contributed by atoms with Gasteiger partial charge in [0, 0.05) is 23.6 Å². The number of rotatable bonds is 1. The normalized spacial score (nSPS) is 28.9. The zero-order valence-electron chi connectivity index (χ0n) is 14.9. The van der Waals surface area contributed by atoms with Gasteiger partial charge in [0.1, 0.15) is 6.07 Å². The number of Topliss-reactive ketones (excluding diaryl/α,β-unsaturated/α-hetero) is 1. The maximum atomic E-state index is 12.7. The second-order valence-electron chi connectivity index (χ2n) is 8.09. The van der Waals surface area contributed by atoms with E-state index in [1.54, 1.807) is 0 Å². The minimum absolute atomic E-state index is 0.0223. The van der Waals surface area contributed by atoms with E-state index >= 15 is 0 Å². The van der Waals surface area contributed by atoms with Gasteiger partial charge in [-0.05, 0) is 30.2 Å². The molecule has 0 aliphatic heterocycles. The minimum atomic E-state index is -0.526. The lowest BCUT2D eigenvalue weighted by molar-refractivity contribution is -0.128. The average molecular weight is 311 g/mol. The molecule has 1 unspecified atom stereocenters. The van der Waals surface area contributed by atoms with Crippen molar-refractivity contribution in [2.24, 2.45) is 18.4 Å². The number of nitrogens with zero attached hydrogens (tertiary/aromatic N) is 3. The fourth-order valence-electron chi connectivity index (χ4n) is 4.97. The van der Waals surface area contributed by atoms with Crippen LogP contribution >= 0.6 is 0 Å². The number of hydrogen-bond acceptors (Lipinski definition) is 3. The first kappa shape index (κ1) is 16.0. The molecule has 1 heterocycles. The van der Waals surface area contributed by atoms with Crippen molar-refractivity contribution in [2.75, 3.05) is 0 Å². The Morgan fingerprint density at radius 3 is 2.61 bits per heavy atom. The van der Waals surface area contributed by atoms with Crippen LogP contribution in [0.15, 0.2) is 11.6 Å². The third-order valence-electron chi connectivity index (χ3n) is 5.92. The molecular weight excluding hydrogens is 286 g/mol. The lowest BCUT2D eigenvalue weighted by Gasteiger charge is -2.49. The van der Waals surface area contributed by atoms with Crippen LogP contribution in [0, 0.1) is 22.7 Å². The Kier molecular flexibility index (Phi) is 3.34. The predicted molar refractivity (Wildman–Crippen MR) is 88.9 cm³/mol. The molecule has 0 N–H and O–H groups in total. The predicted octanol–water partition coefficient (Wildman–Crippen LogP) is 3.42. The highest BCUT2D eigenvalue weighted by atomic mass is 16.1. The molecule has 0 saturated heterocycles. The van der Waals surface area contributed by atoms with Crippen LogP contribution in [0.2, 0.25) is 0 Å². The molecule has 2 aliphatic carbocycles. The third-order valence-corrected chi connectivity index (χ3v) is 5.92. The first-order chi connectivity index (χ1) is 10.6. The van der Waals surface area contributed by atoms with Gasteiger partial charge in [0.25, 0.3) is 0 Å². The summed E-state index contributed by atoms with van der Waals surface area (Å²) in [6.45, 7) is 10.5. The van der Waals surface area contributed by atoms with Gasteiger partial charge in [0.05, 0.1) is 11.3 Å². The van der Waals surface area contributed by atoms with Crippen LogP contribution in [-0.2, 0) is 23.7 Å². The number of hydrogen-bond donors (Lipinski definition) is 0. The zero-order chi connectivity index (χ0) is 17.2. The number of aryl methyl sites for hydroxylation is 1. The Morgan fingerprint density at radius 2 is 2.04 bits per heavy atom. The largest absolute Gasteiger partial charge is 0.293 e. The molecule has 0 radical (unpaired) electrons. The van der Waals surface area contributed by atoms with Gasteiger partial charge in [0.15, 0.2) is 5.78 Å². The van der Waals surface area contributed by atoms with E-state index in [2.05, 4.69) is 26.8 Å². The summed E-state index contributed by atoms with van der Waals surface area (Å²) >= 11 is 0. The van der Waals surface area contributed by atoms with Gasteiger partial charge in [-0.15, -0.1) is 0 Å². The third kappa shape index (κ3) is 1.95. The highest BCUT2D eigenvalue weighted by Gasteiger charge is 2.55.